The summed E-state index contributed by atoms with van der Waals surface area (Å²) in [5.41, 5.74) is 7.38. The third-order valence-electron chi connectivity index (χ3n) is 7.13. The van der Waals surface area contributed by atoms with Crippen LogP contribution in [0, 0.1) is 16.7 Å². The van der Waals surface area contributed by atoms with E-state index in [1.165, 1.54) is 16.7 Å². The highest BCUT2D eigenvalue weighted by molar-refractivity contribution is 6.35. The first-order valence-electron chi connectivity index (χ1n) is 13.1. The van der Waals surface area contributed by atoms with Gasteiger partial charge in [0.1, 0.15) is 11.8 Å². The van der Waals surface area contributed by atoms with E-state index in [9.17, 15) is 5.26 Å². The molecule has 3 heterocycles. The van der Waals surface area contributed by atoms with Crippen LogP contribution < -0.4 is 16.0 Å². The first-order chi connectivity index (χ1) is 18.3. The summed E-state index contributed by atoms with van der Waals surface area (Å²) in [5, 5.41) is 30.9. The molecule has 0 radical (unpaired) electrons. The molecule has 2 aromatic carbocycles. The first-order valence-corrected chi connectivity index (χ1v) is 13.4. The Balaban J connectivity index is 1.45. The van der Waals surface area contributed by atoms with Crippen molar-refractivity contribution in [1.82, 2.24) is 25.3 Å². The standard InChI is InChI=1S/C29H31ClN8/c1-29(2,3)16-34-26-18(11-31)13-33-27-22(26)9-19(10-24(27)30)35-28(25-15-38(37-36-25)20-7-8-20)21-6-4-5-17-12-32-14-23(17)21/h4-6,9-10,13,15,20,28,32,35H,7-8,12,14,16H2,1-3H3,(H,33,34)/t28-/m0/s1. The van der Waals surface area contributed by atoms with Crippen LogP contribution in [0.1, 0.15) is 73.6 Å². The van der Waals surface area contributed by atoms with Gasteiger partial charge in [-0.1, -0.05) is 55.8 Å². The molecule has 2 aromatic heterocycles. The molecule has 0 spiro atoms. The third kappa shape index (κ3) is 4.80. The summed E-state index contributed by atoms with van der Waals surface area (Å²) in [5.74, 6) is 0. The van der Waals surface area contributed by atoms with Gasteiger partial charge in [0.25, 0.3) is 0 Å². The van der Waals surface area contributed by atoms with Crippen molar-refractivity contribution in [1.29, 1.82) is 5.26 Å². The zero-order valence-electron chi connectivity index (χ0n) is 21.8. The number of rotatable bonds is 7. The molecule has 4 aromatic rings. The Morgan fingerprint density at radius 1 is 1.24 bits per heavy atom. The molecule has 1 aliphatic heterocycles. The van der Waals surface area contributed by atoms with E-state index in [0.717, 1.165) is 48.4 Å². The molecule has 1 atom stereocenters. The quantitative estimate of drug-likeness (QED) is 0.273. The molecule has 2 aliphatic rings. The largest absolute Gasteiger partial charge is 0.383 e. The van der Waals surface area contributed by atoms with Crippen molar-refractivity contribution >= 4 is 33.9 Å². The maximum absolute atomic E-state index is 9.83. The molecule has 38 heavy (non-hydrogen) atoms. The first kappa shape index (κ1) is 24.7. The second kappa shape index (κ2) is 9.57. The zero-order valence-corrected chi connectivity index (χ0v) is 22.6. The van der Waals surface area contributed by atoms with Gasteiger partial charge in [-0.25, -0.2) is 4.68 Å². The normalized spacial score (nSPS) is 15.8. The highest BCUT2D eigenvalue weighted by atomic mass is 35.5. The molecule has 1 saturated carbocycles. The number of benzene rings is 2. The molecular weight excluding hydrogens is 496 g/mol. The predicted molar refractivity (Wildman–Crippen MR) is 150 cm³/mol. The van der Waals surface area contributed by atoms with E-state index in [4.69, 9.17) is 11.6 Å². The second-order valence-electron chi connectivity index (χ2n) is 11.4. The Hall–Kier alpha value is -3.67. The molecule has 9 heteroatoms. The van der Waals surface area contributed by atoms with E-state index >= 15 is 0 Å². The highest BCUT2D eigenvalue weighted by Gasteiger charge is 2.29. The van der Waals surface area contributed by atoms with Crippen molar-refractivity contribution in [3.63, 3.8) is 0 Å². The maximum Gasteiger partial charge on any atom is 0.109 e. The molecule has 0 bridgehead atoms. The fourth-order valence-corrected chi connectivity index (χ4v) is 5.29. The molecule has 8 nitrogen and oxygen atoms in total. The van der Waals surface area contributed by atoms with E-state index in [1.54, 1.807) is 6.20 Å². The van der Waals surface area contributed by atoms with E-state index in [-0.39, 0.29) is 11.5 Å². The van der Waals surface area contributed by atoms with Crippen molar-refractivity contribution < 1.29 is 0 Å². The monoisotopic (exact) mass is 526 g/mol. The van der Waals surface area contributed by atoms with Gasteiger partial charge in [-0.2, -0.15) is 5.26 Å². The predicted octanol–water partition coefficient (Wildman–Crippen LogP) is 5.95. The van der Waals surface area contributed by atoms with Gasteiger partial charge < -0.3 is 16.0 Å². The number of nitrogens with zero attached hydrogens (tertiary/aromatic N) is 5. The van der Waals surface area contributed by atoms with Crippen molar-refractivity contribution in [3.05, 3.63) is 75.7 Å². The van der Waals surface area contributed by atoms with Crippen LogP contribution >= 0.6 is 11.6 Å². The Labute approximate surface area is 227 Å². The number of aromatic nitrogens is 4. The fourth-order valence-electron chi connectivity index (χ4n) is 5.02. The summed E-state index contributed by atoms with van der Waals surface area (Å²) < 4.78 is 1.98. The average molecular weight is 527 g/mol. The van der Waals surface area contributed by atoms with Gasteiger partial charge in [-0.15, -0.1) is 5.10 Å². The van der Waals surface area contributed by atoms with Crippen LogP contribution in [0.25, 0.3) is 10.9 Å². The number of fused-ring (bicyclic) bond motifs is 2. The third-order valence-corrected chi connectivity index (χ3v) is 7.42. The van der Waals surface area contributed by atoms with Gasteiger partial charge >= 0.3 is 0 Å². The minimum Gasteiger partial charge on any atom is -0.383 e. The number of nitrogens with one attached hydrogen (secondary N) is 3. The van der Waals surface area contributed by atoms with Gasteiger partial charge in [-0.3, -0.25) is 4.98 Å². The van der Waals surface area contributed by atoms with Crippen LogP contribution in [-0.4, -0.2) is 26.5 Å². The smallest absolute Gasteiger partial charge is 0.109 e. The summed E-state index contributed by atoms with van der Waals surface area (Å²) in [6, 6.07) is 12.9. The number of hydrogen-bond acceptors (Lipinski definition) is 7. The fraction of sp³-hybridized carbons (Fsp3) is 0.379. The molecule has 6 rings (SSSR count). The number of nitriles is 1. The summed E-state index contributed by atoms with van der Waals surface area (Å²) in [6.07, 6.45) is 5.94. The van der Waals surface area contributed by atoms with Crippen LogP contribution in [-0.2, 0) is 13.1 Å². The Morgan fingerprint density at radius 3 is 2.84 bits per heavy atom. The van der Waals surface area contributed by atoms with Crippen LogP contribution in [0.15, 0.2) is 42.7 Å². The molecule has 194 valence electrons. The zero-order chi connectivity index (χ0) is 26.4. The van der Waals surface area contributed by atoms with E-state index in [1.807, 2.05) is 16.8 Å². The van der Waals surface area contributed by atoms with Gasteiger partial charge in [0.05, 0.1) is 40.1 Å². The lowest BCUT2D eigenvalue weighted by Gasteiger charge is -2.23. The summed E-state index contributed by atoms with van der Waals surface area (Å²) in [6.45, 7) is 8.84. The Morgan fingerprint density at radius 2 is 2.08 bits per heavy atom. The van der Waals surface area contributed by atoms with Crippen molar-refractivity contribution in [3.8, 4) is 6.07 Å². The number of hydrogen-bond donors (Lipinski definition) is 3. The molecule has 3 N–H and O–H groups in total. The maximum atomic E-state index is 9.83. The molecule has 1 fully saturated rings. The summed E-state index contributed by atoms with van der Waals surface area (Å²) in [4.78, 5) is 4.51. The number of pyridine rings is 1. The van der Waals surface area contributed by atoms with Crippen molar-refractivity contribution in [2.24, 2.45) is 5.41 Å². The lowest BCUT2D eigenvalue weighted by molar-refractivity contribution is 0.443. The van der Waals surface area contributed by atoms with Crippen LogP contribution in [0.5, 0.6) is 0 Å². The summed E-state index contributed by atoms with van der Waals surface area (Å²) >= 11 is 6.79. The second-order valence-corrected chi connectivity index (χ2v) is 11.9. The van der Waals surface area contributed by atoms with Crippen molar-refractivity contribution in [2.45, 2.75) is 58.8 Å². The number of anilines is 2. The molecular formula is C29H31ClN8. The summed E-state index contributed by atoms with van der Waals surface area (Å²) in [7, 11) is 0. The van der Waals surface area contributed by atoms with E-state index in [0.29, 0.717) is 28.7 Å². The average Bonchev–Trinajstić information content (AvgIpc) is 3.41. The van der Waals surface area contributed by atoms with Crippen LogP contribution in [0.3, 0.4) is 0 Å². The van der Waals surface area contributed by atoms with Gasteiger partial charge in [0, 0.05) is 36.9 Å². The molecule has 0 saturated heterocycles. The van der Waals surface area contributed by atoms with Crippen LogP contribution in [0.4, 0.5) is 11.4 Å². The van der Waals surface area contributed by atoms with E-state index in [2.05, 4.69) is 82.5 Å². The molecule has 1 aliphatic carbocycles. The topological polar surface area (TPSA) is 103 Å². The molecule has 0 unspecified atom stereocenters. The minimum atomic E-state index is -0.219. The SMILES string of the molecule is CC(C)(C)CNc1c(C#N)cnc2c(Cl)cc(N[C@H](c3cn(C4CC4)nn3)c3cccc4c3CNC4)cc12. The van der Waals surface area contributed by atoms with Gasteiger partial charge in [0.15, 0.2) is 0 Å². The van der Waals surface area contributed by atoms with Crippen molar-refractivity contribution in [2.75, 3.05) is 17.2 Å². The Bertz CT molecular complexity index is 1560. The Kier molecular flexibility index (Phi) is 6.21. The molecule has 0 amide bonds. The minimum absolute atomic E-state index is 0.0299. The lowest BCUT2D eigenvalue weighted by Crippen LogP contribution is -2.20. The number of halogens is 1. The lowest BCUT2D eigenvalue weighted by atomic mass is 9.95. The van der Waals surface area contributed by atoms with Gasteiger partial charge in [-0.05, 0) is 47.1 Å². The van der Waals surface area contributed by atoms with Crippen LogP contribution in [0.2, 0.25) is 5.02 Å². The highest BCUT2D eigenvalue weighted by Crippen LogP contribution is 2.38. The van der Waals surface area contributed by atoms with Gasteiger partial charge in [0.2, 0.25) is 0 Å². The van der Waals surface area contributed by atoms with E-state index < -0.39 is 0 Å².